The van der Waals surface area contributed by atoms with Crippen molar-refractivity contribution < 1.29 is 23.8 Å². The Morgan fingerprint density at radius 3 is 2.54 bits per heavy atom. The van der Waals surface area contributed by atoms with Crippen LogP contribution in [0.15, 0.2) is 56.2 Å². The van der Waals surface area contributed by atoms with Crippen molar-refractivity contribution >= 4 is 50.0 Å². The number of hydrogen-bond donors (Lipinski definition) is 4. The SMILES string of the molecule is O=C(Nc1ccc(Br)cc1C(=O)O)C1=NS(O)(O)c2ccccc21. The number of amides is 1. The Kier molecular flexibility index (Phi) is 4.18. The number of carbonyl (C=O) groups is 2. The largest absolute Gasteiger partial charge is 0.478 e. The highest BCUT2D eigenvalue weighted by atomic mass is 79.9. The third kappa shape index (κ3) is 2.94. The lowest BCUT2D eigenvalue weighted by molar-refractivity contribution is -0.110. The molecular weight excluding hydrogens is 400 g/mol. The van der Waals surface area contributed by atoms with Gasteiger partial charge in [-0.25, -0.2) is 4.79 Å². The Morgan fingerprint density at radius 2 is 1.83 bits per heavy atom. The van der Waals surface area contributed by atoms with Crippen LogP contribution in [0.25, 0.3) is 0 Å². The van der Waals surface area contributed by atoms with Crippen LogP contribution in [0.2, 0.25) is 0 Å². The van der Waals surface area contributed by atoms with Gasteiger partial charge >= 0.3 is 5.97 Å². The average molecular weight is 411 g/mol. The topological polar surface area (TPSA) is 119 Å². The van der Waals surface area contributed by atoms with Gasteiger partial charge < -0.3 is 10.4 Å². The molecule has 1 aliphatic rings. The number of hydrogen-bond acceptors (Lipinski definition) is 5. The zero-order valence-corrected chi connectivity index (χ0v) is 14.3. The lowest BCUT2D eigenvalue weighted by Crippen LogP contribution is -2.23. The van der Waals surface area contributed by atoms with E-state index in [9.17, 15) is 23.8 Å². The Morgan fingerprint density at radius 1 is 1.12 bits per heavy atom. The Hall–Kier alpha value is -2.20. The minimum atomic E-state index is -3.42. The summed E-state index contributed by atoms with van der Waals surface area (Å²) < 4.78 is 24.2. The molecule has 124 valence electrons. The number of fused-ring (bicyclic) bond motifs is 1. The van der Waals surface area contributed by atoms with Crippen molar-refractivity contribution in [3.63, 3.8) is 0 Å². The summed E-state index contributed by atoms with van der Waals surface area (Å²) >= 11 is 3.17. The number of carbonyl (C=O) groups excluding carboxylic acids is 1. The molecular formula is C15H11BrN2O5S. The number of nitrogens with zero attached hydrogens (tertiary/aromatic N) is 1. The molecule has 2 aromatic rings. The van der Waals surface area contributed by atoms with Crippen molar-refractivity contribution in [1.29, 1.82) is 0 Å². The van der Waals surface area contributed by atoms with E-state index < -0.39 is 22.7 Å². The summed E-state index contributed by atoms with van der Waals surface area (Å²) in [5.41, 5.74) is 0.143. The van der Waals surface area contributed by atoms with Gasteiger partial charge in [0.1, 0.15) is 0 Å². The van der Waals surface area contributed by atoms with Crippen LogP contribution in [0.4, 0.5) is 5.69 Å². The molecule has 1 aliphatic heterocycles. The van der Waals surface area contributed by atoms with E-state index in [-0.39, 0.29) is 21.9 Å². The molecule has 24 heavy (non-hydrogen) atoms. The van der Waals surface area contributed by atoms with Crippen molar-refractivity contribution in [3.8, 4) is 0 Å². The van der Waals surface area contributed by atoms with Gasteiger partial charge in [0, 0.05) is 10.0 Å². The van der Waals surface area contributed by atoms with Crippen LogP contribution < -0.4 is 5.32 Å². The Balaban J connectivity index is 1.97. The van der Waals surface area contributed by atoms with E-state index in [1.807, 2.05) is 0 Å². The molecule has 9 heteroatoms. The van der Waals surface area contributed by atoms with Crippen LogP contribution in [0.5, 0.6) is 0 Å². The lowest BCUT2D eigenvalue weighted by atomic mass is 10.1. The van der Waals surface area contributed by atoms with Gasteiger partial charge in [0.15, 0.2) is 5.71 Å². The lowest BCUT2D eigenvalue weighted by Gasteiger charge is -2.22. The van der Waals surface area contributed by atoms with Gasteiger partial charge in [0.2, 0.25) is 0 Å². The first-order chi connectivity index (χ1) is 11.3. The third-order valence-electron chi connectivity index (χ3n) is 3.33. The quantitative estimate of drug-likeness (QED) is 0.615. The molecule has 3 rings (SSSR count). The minimum Gasteiger partial charge on any atom is -0.478 e. The van der Waals surface area contributed by atoms with Crippen LogP contribution in [0, 0.1) is 0 Å². The highest BCUT2D eigenvalue weighted by molar-refractivity contribution is 9.10. The summed E-state index contributed by atoms with van der Waals surface area (Å²) in [6.45, 7) is 0. The normalized spacial score (nSPS) is 16.0. The summed E-state index contributed by atoms with van der Waals surface area (Å²) in [4.78, 5) is 23.9. The van der Waals surface area contributed by atoms with E-state index in [1.54, 1.807) is 24.3 Å². The second-order valence-corrected chi connectivity index (χ2v) is 7.48. The predicted octanol–water partition coefficient (Wildman–Crippen LogP) is 3.61. The maximum atomic E-state index is 12.5. The van der Waals surface area contributed by atoms with Crippen molar-refractivity contribution in [3.05, 3.63) is 58.1 Å². The van der Waals surface area contributed by atoms with E-state index >= 15 is 0 Å². The molecule has 0 aromatic heterocycles. The molecule has 0 radical (unpaired) electrons. The van der Waals surface area contributed by atoms with Crippen molar-refractivity contribution in [1.82, 2.24) is 0 Å². The second kappa shape index (κ2) is 6.02. The molecule has 7 nitrogen and oxygen atoms in total. The molecule has 4 N–H and O–H groups in total. The summed E-state index contributed by atoms with van der Waals surface area (Å²) in [7, 11) is -3.42. The summed E-state index contributed by atoms with van der Waals surface area (Å²) in [5, 5.41) is 11.7. The number of aromatic carboxylic acids is 1. The van der Waals surface area contributed by atoms with Gasteiger partial charge in [-0.15, -0.1) is 4.40 Å². The van der Waals surface area contributed by atoms with Crippen molar-refractivity contribution in [2.45, 2.75) is 4.90 Å². The summed E-state index contributed by atoms with van der Waals surface area (Å²) in [5.74, 6) is -1.92. The number of carboxylic acids is 1. The van der Waals surface area contributed by atoms with E-state index in [4.69, 9.17) is 0 Å². The van der Waals surface area contributed by atoms with Crippen LogP contribution in [-0.2, 0) is 4.79 Å². The molecule has 0 bridgehead atoms. The smallest absolute Gasteiger partial charge is 0.337 e. The zero-order valence-electron chi connectivity index (χ0n) is 11.9. The maximum absolute atomic E-state index is 12.5. The summed E-state index contributed by atoms with van der Waals surface area (Å²) in [6, 6.07) is 10.7. The average Bonchev–Trinajstić information content (AvgIpc) is 2.81. The highest BCUT2D eigenvalue weighted by Crippen LogP contribution is 2.55. The molecule has 1 amide bonds. The minimum absolute atomic E-state index is 0.0826. The van der Waals surface area contributed by atoms with Gasteiger partial charge in [0.25, 0.3) is 5.91 Å². The van der Waals surface area contributed by atoms with E-state index in [1.165, 1.54) is 18.2 Å². The first-order valence-electron chi connectivity index (χ1n) is 6.61. The summed E-state index contributed by atoms with van der Waals surface area (Å²) in [6.07, 6.45) is 0. The van der Waals surface area contributed by atoms with Crippen LogP contribution >= 0.6 is 26.7 Å². The fraction of sp³-hybridized carbons (Fsp3) is 0. The molecule has 1 heterocycles. The molecule has 0 unspecified atom stereocenters. The van der Waals surface area contributed by atoms with Crippen LogP contribution in [0.1, 0.15) is 15.9 Å². The standard InChI is InChI=1S/C15H11BrN2O5S/c16-8-5-6-11(10(7-8)15(20)21)17-14(19)13-9-3-1-2-4-12(9)24(22,23)18-13/h1-7,22-23H,(H,17,19)(H,20,21). The van der Waals surface area contributed by atoms with Gasteiger partial charge in [-0.3, -0.25) is 13.9 Å². The van der Waals surface area contributed by atoms with Gasteiger partial charge in [-0.1, -0.05) is 44.9 Å². The number of halogens is 1. The van der Waals surface area contributed by atoms with E-state index in [0.29, 0.717) is 10.0 Å². The Labute approximate surface area is 146 Å². The molecule has 0 aliphatic carbocycles. The molecule has 0 spiro atoms. The third-order valence-corrected chi connectivity index (χ3v) is 5.21. The predicted molar refractivity (Wildman–Crippen MR) is 93.8 cm³/mol. The first-order valence-corrected chi connectivity index (χ1v) is 8.91. The molecule has 0 atom stereocenters. The van der Waals surface area contributed by atoms with Crippen LogP contribution in [0.3, 0.4) is 0 Å². The van der Waals surface area contributed by atoms with E-state index in [0.717, 1.165) is 0 Å². The van der Waals surface area contributed by atoms with Crippen LogP contribution in [-0.4, -0.2) is 31.8 Å². The van der Waals surface area contributed by atoms with Crippen molar-refractivity contribution in [2.75, 3.05) is 5.32 Å². The number of anilines is 1. The fourth-order valence-electron chi connectivity index (χ4n) is 2.27. The van der Waals surface area contributed by atoms with Gasteiger partial charge in [-0.2, -0.15) is 0 Å². The molecule has 0 saturated heterocycles. The molecule has 0 fully saturated rings. The van der Waals surface area contributed by atoms with E-state index in [2.05, 4.69) is 25.6 Å². The van der Waals surface area contributed by atoms with Crippen molar-refractivity contribution in [2.24, 2.45) is 4.40 Å². The maximum Gasteiger partial charge on any atom is 0.337 e. The first kappa shape index (κ1) is 16.7. The number of benzene rings is 2. The van der Waals surface area contributed by atoms with Gasteiger partial charge in [0.05, 0.1) is 16.1 Å². The second-order valence-electron chi connectivity index (χ2n) is 4.90. The Bertz CT molecular complexity index is 897. The molecule has 2 aromatic carbocycles. The number of rotatable bonds is 3. The monoisotopic (exact) mass is 410 g/mol. The molecule has 0 saturated carbocycles. The highest BCUT2D eigenvalue weighted by Gasteiger charge is 2.33. The fourth-order valence-corrected chi connectivity index (χ4v) is 3.89. The number of nitrogens with one attached hydrogen (secondary N) is 1. The zero-order chi connectivity index (χ0) is 17.5. The number of carboxylic acid groups (broad SMARTS) is 1. The van der Waals surface area contributed by atoms with Gasteiger partial charge in [-0.05, 0) is 24.3 Å².